The Labute approximate surface area is 160 Å². The fourth-order valence-electron chi connectivity index (χ4n) is 2.62. The Morgan fingerprint density at radius 1 is 1.21 bits per heavy atom. The molecule has 2 aromatic carbocycles. The van der Waals surface area contributed by atoms with Gasteiger partial charge in [-0.2, -0.15) is 0 Å². The van der Waals surface area contributed by atoms with Gasteiger partial charge in [0, 0.05) is 24.8 Å². The zero-order valence-corrected chi connectivity index (χ0v) is 15.6. The summed E-state index contributed by atoms with van der Waals surface area (Å²) in [7, 11) is -3.74. The van der Waals surface area contributed by atoms with Crippen molar-refractivity contribution in [3.63, 3.8) is 0 Å². The van der Waals surface area contributed by atoms with Gasteiger partial charge in [-0.1, -0.05) is 6.07 Å². The van der Waals surface area contributed by atoms with E-state index in [9.17, 15) is 22.9 Å². The summed E-state index contributed by atoms with van der Waals surface area (Å²) in [6, 6.07) is 9.77. The van der Waals surface area contributed by atoms with E-state index in [-0.39, 0.29) is 22.9 Å². The van der Waals surface area contributed by atoms with Crippen LogP contribution in [0.4, 0.5) is 15.8 Å². The number of halogens is 1. The monoisotopic (exact) mass is 405 g/mol. The van der Waals surface area contributed by atoms with E-state index in [2.05, 4.69) is 10.3 Å². The van der Waals surface area contributed by atoms with Crippen LogP contribution >= 0.6 is 0 Å². The standard InChI is InChI=1S/C18H16FN3O5S/c1-28(25,26)16-4-2-3-15(17(16)22(23)24)20-10-9-14-11-27-18(21-14)12-5-7-13(19)8-6-12/h2-8,11,20H,9-10H2,1H3. The van der Waals surface area contributed by atoms with E-state index < -0.39 is 20.4 Å². The third-order valence-electron chi connectivity index (χ3n) is 3.92. The van der Waals surface area contributed by atoms with E-state index in [0.717, 1.165) is 6.26 Å². The van der Waals surface area contributed by atoms with Crippen LogP contribution in [0.2, 0.25) is 0 Å². The summed E-state index contributed by atoms with van der Waals surface area (Å²) < 4.78 is 41.9. The largest absolute Gasteiger partial charge is 0.444 e. The van der Waals surface area contributed by atoms with Crippen LogP contribution in [-0.2, 0) is 16.3 Å². The Hall–Kier alpha value is -3.27. The Kier molecular flexibility index (Phi) is 5.41. The molecule has 3 aromatic rings. The first-order chi connectivity index (χ1) is 13.3. The summed E-state index contributed by atoms with van der Waals surface area (Å²) in [6.45, 7) is 0.267. The zero-order valence-electron chi connectivity index (χ0n) is 14.8. The molecule has 0 aliphatic heterocycles. The van der Waals surface area contributed by atoms with Crippen molar-refractivity contribution in [2.75, 3.05) is 18.1 Å². The molecule has 0 spiro atoms. The molecule has 1 aromatic heterocycles. The fraction of sp³-hybridized carbons (Fsp3) is 0.167. The third kappa shape index (κ3) is 4.34. The van der Waals surface area contributed by atoms with Gasteiger partial charge in [0.05, 0.1) is 10.6 Å². The maximum Gasteiger partial charge on any atom is 0.310 e. The van der Waals surface area contributed by atoms with Crippen LogP contribution in [-0.4, -0.2) is 31.1 Å². The van der Waals surface area contributed by atoms with Crippen molar-refractivity contribution >= 4 is 21.2 Å². The quantitative estimate of drug-likeness (QED) is 0.473. The lowest BCUT2D eigenvalue weighted by Crippen LogP contribution is -2.10. The van der Waals surface area contributed by atoms with Gasteiger partial charge in [-0.05, 0) is 36.4 Å². The Morgan fingerprint density at radius 3 is 2.57 bits per heavy atom. The number of para-hydroxylation sites is 1. The van der Waals surface area contributed by atoms with Crippen LogP contribution in [0.3, 0.4) is 0 Å². The molecule has 0 radical (unpaired) electrons. The normalized spacial score (nSPS) is 11.4. The molecule has 0 aliphatic carbocycles. The van der Waals surface area contributed by atoms with Crippen LogP contribution in [0.15, 0.2) is 58.0 Å². The lowest BCUT2D eigenvalue weighted by Gasteiger charge is -2.08. The van der Waals surface area contributed by atoms with Gasteiger partial charge in [0.1, 0.15) is 22.7 Å². The number of anilines is 1. The van der Waals surface area contributed by atoms with Gasteiger partial charge in [0.2, 0.25) is 5.89 Å². The van der Waals surface area contributed by atoms with E-state index in [0.29, 0.717) is 23.6 Å². The average Bonchev–Trinajstić information content (AvgIpc) is 3.10. The minimum Gasteiger partial charge on any atom is -0.444 e. The summed E-state index contributed by atoms with van der Waals surface area (Å²) in [4.78, 5) is 14.6. The van der Waals surface area contributed by atoms with Crippen molar-refractivity contribution in [1.29, 1.82) is 0 Å². The van der Waals surface area contributed by atoms with E-state index in [4.69, 9.17) is 4.42 Å². The summed E-state index contributed by atoms with van der Waals surface area (Å²) in [5, 5.41) is 14.2. The minimum absolute atomic E-state index is 0.107. The average molecular weight is 405 g/mol. The first kappa shape index (κ1) is 19.5. The number of nitrogens with zero attached hydrogens (tertiary/aromatic N) is 2. The molecular formula is C18H16FN3O5S. The van der Waals surface area contributed by atoms with Crippen LogP contribution in [0, 0.1) is 15.9 Å². The molecule has 8 nitrogen and oxygen atoms in total. The summed E-state index contributed by atoms with van der Waals surface area (Å²) >= 11 is 0. The van der Waals surface area contributed by atoms with Gasteiger partial charge in [-0.3, -0.25) is 10.1 Å². The lowest BCUT2D eigenvalue weighted by atomic mass is 10.2. The topological polar surface area (TPSA) is 115 Å². The molecule has 1 heterocycles. The Balaban J connectivity index is 1.72. The second-order valence-corrected chi connectivity index (χ2v) is 7.99. The molecular weight excluding hydrogens is 389 g/mol. The maximum atomic E-state index is 13.0. The number of nitro groups is 1. The number of rotatable bonds is 7. The number of sulfone groups is 1. The van der Waals surface area contributed by atoms with Crippen molar-refractivity contribution in [1.82, 2.24) is 4.98 Å². The molecule has 0 fully saturated rings. The van der Waals surface area contributed by atoms with Crippen molar-refractivity contribution in [2.45, 2.75) is 11.3 Å². The van der Waals surface area contributed by atoms with Crippen molar-refractivity contribution in [2.24, 2.45) is 0 Å². The molecule has 0 aliphatic rings. The third-order valence-corrected chi connectivity index (χ3v) is 5.05. The number of hydrogen-bond donors (Lipinski definition) is 1. The number of nitrogens with one attached hydrogen (secondary N) is 1. The van der Waals surface area contributed by atoms with Gasteiger partial charge in [-0.15, -0.1) is 0 Å². The fourth-order valence-corrected chi connectivity index (χ4v) is 3.49. The summed E-state index contributed by atoms with van der Waals surface area (Å²) in [6.07, 6.45) is 2.75. The second kappa shape index (κ2) is 7.77. The SMILES string of the molecule is CS(=O)(=O)c1cccc(NCCc2coc(-c3ccc(F)cc3)n2)c1[N+](=O)[O-]. The summed E-state index contributed by atoms with van der Waals surface area (Å²) in [5.74, 6) is -0.0299. The Morgan fingerprint density at radius 2 is 1.93 bits per heavy atom. The first-order valence-electron chi connectivity index (χ1n) is 8.17. The molecule has 0 unspecified atom stereocenters. The van der Waals surface area contributed by atoms with E-state index in [1.165, 1.54) is 36.6 Å². The minimum atomic E-state index is -3.74. The van der Waals surface area contributed by atoms with Crippen molar-refractivity contribution in [3.8, 4) is 11.5 Å². The molecule has 146 valence electrons. The molecule has 10 heteroatoms. The highest BCUT2D eigenvalue weighted by Gasteiger charge is 2.25. The number of hydrogen-bond acceptors (Lipinski definition) is 7. The van der Waals surface area contributed by atoms with E-state index in [1.807, 2.05) is 0 Å². The zero-order chi connectivity index (χ0) is 20.3. The number of benzene rings is 2. The first-order valence-corrected chi connectivity index (χ1v) is 10.1. The highest BCUT2D eigenvalue weighted by Crippen LogP contribution is 2.31. The smallest absolute Gasteiger partial charge is 0.310 e. The summed E-state index contributed by atoms with van der Waals surface area (Å²) in [5.41, 5.74) is 0.832. The van der Waals surface area contributed by atoms with Crippen LogP contribution < -0.4 is 5.32 Å². The molecule has 0 amide bonds. The Bertz CT molecular complexity index is 1110. The van der Waals surface area contributed by atoms with Gasteiger partial charge in [0.15, 0.2) is 9.84 Å². The highest BCUT2D eigenvalue weighted by atomic mass is 32.2. The highest BCUT2D eigenvalue weighted by molar-refractivity contribution is 7.90. The van der Waals surface area contributed by atoms with Crippen LogP contribution in [0.25, 0.3) is 11.5 Å². The van der Waals surface area contributed by atoms with Gasteiger partial charge >= 0.3 is 5.69 Å². The molecule has 0 saturated carbocycles. The number of aromatic nitrogens is 1. The van der Waals surface area contributed by atoms with Gasteiger partial charge in [0.25, 0.3) is 0 Å². The van der Waals surface area contributed by atoms with Crippen LogP contribution in [0.5, 0.6) is 0 Å². The number of oxazole rings is 1. The van der Waals surface area contributed by atoms with Gasteiger partial charge in [-0.25, -0.2) is 17.8 Å². The second-order valence-electron chi connectivity index (χ2n) is 6.01. The molecule has 0 bridgehead atoms. The molecule has 1 N–H and O–H groups in total. The molecule has 0 atom stereocenters. The number of nitro benzene ring substituents is 1. The predicted molar refractivity (Wildman–Crippen MR) is 100 cm³/mol. The van der Waals surface area contributed by atoms with Crippen molar-refractivity contribution < 1.29 is 22.1 Å². The van der Waals surface area contributed by atoms with E-state index >= 15 is 0 Å². The van der Waals surface area contributed by atoms with Crippen molar-refractivity contribution in [3.05, 3.63) is 70.4 Å². The van der Waals surface area contributed by atoms with Crippen LogP contribution in [0.1, 0.15) is 5.69 Å². The predicted octanol–water partition coefficient (Wildman–Crippen LogP) is 3.45. The maximum absolute atomic E-state index is 13.0. The lowest BCUT2D eigenvalue weighted by molar-refractivity contribution is -0.386. The van der Waals surface area contributed by atoms with E-state index in [1.54, 1.807) is 12.1 Å². The molecule has 0 saturated heterocycles. The van der Waals surface area contributed by atoms with Gasteiger partial charge < -0.3 is 9.73 Å². The molecule has 3 rings (SSSR count). The molecule has 28 heavy (non-hydrogen) atoms.